The highest BCUT2D eigenvalue weighted by atomic mass is 16.2. The summed E-state index contributed by atoms with van der Waals surface area (Å²) in [7, 11) is 0. The molecule has 118 valence electrons. The number of nitrogens with one attached hydrogen (secondary N) is 2. The zero-order chi connectivity index (χ0) is 16.1. The average Bonchev–Trinajstić information content (AvgIpc) is 2.73. The Morgan fingerprint density at radius 2 is 2.05 bits per heavy atom. The molecule has 22 heavy (non-hydrogen) atoms. The molecule has 0 fully saturated rings. The zero-order valence-electron chi connectivity index (χ0n) is 13.7. The van der Waals surface area contributed by atoms with E-state index in [-0.39, 0.29) is 6.03 Å². The third-order valence-corrected chi connectivity index (χ3v) is 3.57. The molecule has 1 aromatic heterocycles. The average molecular weight is 300 g/mol. The smallest absolute Gasteiger partial charge is 0.319 e. The molecule has 0 aliphatic carbocycles. The number of benzene rings is 1. The molecule has 5 heteroatoms. The molecule has 2 N–H and O–H groups in total. The summed E-state index contributed by atoms with van der Waals surface area (Å²) < 4.78 is 1.93. The van der Waals surface area contributed by atoms with Gasteiger partial charge in [-0.3, -0.25) is 4.68 Å². The maximum absolute atomic E-state index is 11.8. The molecule has 2 rings (SSSR count). The Bertz CT molecular complexity index is 661. The second-order valence-corrected chi connectivity index (χ2v) is 5.57. The molecule has 0 bridgehead atoms. The number of nitrogens with zero attached hydrogens (tertiary/aromatic N) is 2. The topological polar surface area (TPSA) is 59.0 Å². The van der Waals surface area contributed by atoms with Gasteiger partial charge in [0.1, 0.15) is 0 Å². The highest BCUT2D eigenvalue weighted by Gasteiger charge is 2.14. The van der Waals surface area contributed by atoms with E-state index in [2.05, 4.69) is 40.9 Å². The molecule has 0 atom stereocenters. The summed E-state index contributed by atoms with van der Waals surface area (Å²) in [5.74, 6) is 0. The lowest BCUT2D eigenvalue weighted by atomic mass is 10.1. The minimum atomic E-state index is -0.178. The molecule has 1 heterocycles. The van der Waals surface area contributed by atoms with Crippen LogP contribution in [0.25, 0.3) is 0 Å². The number of urea groups is 1. The molecule has 0 saturated carbocycles. The standard InChI is InChI=1S/C17H24N4O/c1-5-9-18-17(22)19-16-13(3)20-21(14(16)4)11-15-8-6-7-12(2)10-15/h6-8,10H,5,9,11H2,1-4H3,(H2,18,19,22). The van der Waals surface area contributed by atoms with Crippen LogP contribution in [0.3, 0.4) is 0 Å². The normalized spacial score (nSPS) is 10.5. The number of carbonyl (C=O) groups is 1. The van der Waals surface area contributed by atoms with Gasteiger partial charge in [0.15, 0.2) is 0 Å². The molecule has 0 aliphatic heterocycles. The monoisotopic (exact) mass is 300 g/mol. The second kappa shape index (κ2) is 7.11. The highest BCUT2D eigenvalue weighted by Crippen LogP contribution is 2.20. The Kier molecular flexibility index (Phi) is 5.20. The molecule has 0 radical (unpaired) electrons. The maximum Gasteiger partial charge on any atom is 0.319 e. The van der Waals surface area contributed by atoms with Crippen molar-refractivity contribution < 1.29 is 4.79 Å². The molecule has 2 amide bonds. The van der Waals surface area contributed by atoms with E-state index < -0.39 is 0 Å². The van der Waals surface area contributed by atoms with E-state index in [1.165, 1.54) is 11.1 Å². The van der Waals surface area contributed by atoms with Crippen molar-refractivity contribution >= 4 is 11.7 Å². The van der Waals surface area contributed by atoms with Crippen LogP contribution in [0.4, 0.5) is 10.5 Å². The molecule has 0 unspecified atom stereocenters. The number of hydrogen-bond donors (Lipinski definition) is 2. The summed E-state index contributed by atoms with van der Waals surface area (Å²) in [4.78, 5) is 11.8. The van der Waals surface area contributed by atoms with Crippen LogP contribution in [-0.2, 0) is 6.54 Å². The van der Waals surface area contributed by atoms with E-state index in [9.17, 15) is 4.79 Å². The van der Waals surface area contributed by atoms with Gasteiger partial charge in [-0.2, -0.15) is 5.10 Å². The minimum absolute atomic E-state index is 0.178. The first-order valence-corrected chi connectivity index (χ1v) is 7.65. The summed E-state index contributed by atoms with van der Waals surface area (Å²) in [5.41, 5.74) is 5.02. The van der Waals surface area contributed by atoms with Gasteiger partial charge in [0.05, 0.1) is 23.6 Å². The first kappa shape index (κ1) is 16.1. The van der Waals surface area contributed by atoms with Crippen LogP contribution in [0.15, 0.2) is 24.3 Å². The van der Waals surface area contributed by atoms with Gasteiger partial charge in [-0.1, -0.05) is 36.8 Å². The lowest BCUT2D eigenvalue weighted by Gasteiger charge is -2.08. The van der Waals surface area contributed by atoms with Crippen LogP contribution in [0.1, 0.15) is 35.9 Å². The quantitative estimate of drug-likeness (QED) is 0.889. The molecular weight excluding hydrogens is 276 g/mol. The van der Waals surface area contributed by atoms with Gasteiger partial charge < -0.3 is 10.6 Å². The molecule has 1 aromatic carbocycles. The Labute approximate surface area is 131 Å². The SMILES string of the molecule is CCCNC(=O)Nc1c(C)nn(Cc2cccc(C)c2)c1C. The Morgan fingerprint density at radius 1 is 1.27 bits per heavy atom. The predicted octanol–water partition coefficient (Wildman–Crippen LogP) is 3.39. The lowest BCUT2D eigenvalue weighted by Crippen LogP contribution is -2.29. The van der Waals surface area contributed by atoms with E-state index in [4.69, 9.17) is 0 Å². The van der Waals surface area contributed by atoms with Gasteiger partial charge in [0, 0.05) is 6.54 Å². The number of aryl methyl sites for hydroxylation is 2. The van der Waals surface area contributed by atoms with Crippen molar-refractivity contribution in [3.8, 4) is 0 Å². The highest BCUT2D eigenvalue weighted by molar-refractivity contribution is 5.90. The van der Waals surface area contributed by atoms with Gasteiger partial charge in [-0.05, 0) is 32.8 Å². The summed E-state index contributed by atoms with van der Waals surface area (Å²) in [5, 5.41) is 10.3. The van der Waals surface area contributed by atoms with E-state index in [0.29, 0.717) is 13.1 Å². The fourth-order valence-electron chi connectivity index (χ4n) is 2.41. The summed E-state index contributed by atoms with van der Waals surface area (Å²) in [6.07, 6.45) is 0.915. The first-order chi connectivity index (χ1) is 10.5. The van der Waals surface area contributed by atoms with E-state index >= 15 is 0 Å². The van der Waals surface area contributed by atoms with E-state index in [1.807, 2.05) is 31.5 Å². The summed E-state index contributed by atoms with van der Waals surface area (Å²) in [6, 6.07) is 8.19. The van der Waals surface area contributed by atoms with E-state index in [1.54, 1.807) is 0 Å². The van der Waals surface area contributed by atoms with Crippen LogP contribution in [-0.4, -0.2) is 22.4 Å². The van der Waals surface area contributed by atoms with Gasteiger partial charge in [0.25, 0.3) is 0 Å². The number of hydrogen-bond acceptors (Lipinski definition) is 2. The Hall–Kier alpha value is -2.30. The third kappa shape index (κ3) is 3.87. The number of anilines is 1. The zero-order valence-corrected chi connectivity index (χ0v) is 13.7. The fourth-order valence-corrected chi connectivity index (χ4v) is 2.41. The first-order valence-electron chi connectivity index (χ1n) is 7.65. The van der Waals surface area contributed by atoms with Crippen LogP contribution < -0.4 is 10.6 Å². The number of rotatable bonds is 5. The van der Waals surface area contributed by atoms with Crippen LogP contribution in [0.5, 0.6) is 0 Å². The Balaban J connectivity index is 2.14. The van der Waals surface area contributed by atoms with Crippen molar-refractivity contribution in [2.75, 3.05) is 11.9 Å². The van der Waals surface area contributed by atoms with Crippen molar-refractivity contribution in [2.45, 2.75) is 40.7 Å². The van der Waals surface area contributed by atoms with Gasteiger partial charge >= 0.3 is 6.03 Å². The van der Waals surface area contributed by atoms with E-state index in [0.717, 1.165) is 23.5 Å². The second-order valence-electron chi connectivity index (χ2n) is 5.57. The predicted molar refractivity (Wildman–Crippen MR) is 89.3 cm³/mol. The van der Waals surface area contributed by atoms with Gasteiger partial charge in [0.2, 0.25) is 0 Å². The van der Waals surface area contributed by atoms with Gasteiger partial charge in [-0.15, -0.1) is 0 Å². The number of amides is 2. The van der Waals surface area contributed by atoms with Crippen molar-refractivity contribution in [1.82, 2.24) is 15.1 Å². The van der Waals surface area contributed by atoms with Crippen molar-refractivity contribution in [2.24, 2.45) is 0 Å². The fraction of sp³-hybridized carbons (Fsp3) is 0.412. The molecule has 0 saturated heterocycles. The number of carbonyl (C=O) groups excluding carboxylic acids is 1. The summed E-state index contributed by atoms with van der Waals surface area (Å²) in [6.45, 7) is 9.36. The molecule has 5 nitrogen and oxygen atoms in total. The van der Waals surface area contributed by atoms with Crippen LogP contribution >= 0.6 is 0 Å². The number of aromatic nitrogens is 2. The molecule has 0 aliphatic rings. The van der Waals surface area contributed by atoms with Crippen molar-refractivity contribution in [1.29, 1.82) is 0 Å². The Morgan fingerprint density at radius 3 is 2.73 bits per heavy atom. The molecular formula is C17H24N4O. The maximum atomic E-state index is 11.8. The molecule has 0 spiro atoms. The third-order valence-electron chi connectivity index (χ3n) is 3.57. The van der Waals surface area contributed by atoms with Crippen LogP contribution in [0, 0.1) is 20.8 Å². The lowest BCUT2D eigenvalue weighted by molar-refractivity contribution is 0.252. The van der Waals surface area contributed by atoms with Crippen LogP contribution in [0.2, 0.25) is 0 Å². The summed E-state index contributed by atoms with van der Waals surface area (Å²) >= 11 is 0. The molecule has 2 aromatic rings. The van der Waals surface area contributed by atoms with Gasteiger partial charge in [-0.25, -0.2) is 4.79 Å². The van der Waals surface area contributed by atoms with Crippen molar-refractivity contribution in [3.63, 3.8) is 0 Å². The largest absolute Gasteiger partial charge is 0.338 e. The minimum Gasteiger partial charge on any atom is -0.338 e. The van der Waals surface area contributed by atoms with Crippen molar-refractivity contribution in [3.05, 3.63) is 46.8 Å².